The monoisotopic (exact) mass is 557 g/mol. The lowest BCUT2D eigenvalue weighted by Crippen LogP contribution is -2.27. The number of carboxylic acid groups (broad SMARTS) is 1. The quantitative estimate of drug-likeness (QED) is 0.183. The molecule has 3 N–H and O–H groups in total. The molecule has 0 saturated heterocycles. The summed E-state index contributed by atoms with van der Waals surface area (Å²) in [7, 11) is 0. The number of carboxylic acids is 1. The Balaban J connectivity index is 1.49. The molecule has 0 radical (unpaired) electrons. The Morgan fingerprint density at radius 2 is 1.56 bits per heavy atom. The average molecular weight is 558 g/mol. The second-order valence-electron chi connectivity index (χ2n) is 9.67. The van der Waals surface area contributed by atoms with Crippen molar-refractivity contribution >= 4 is 34.2 Å². The summed E-state index contributed by atoms with van der Waals surface area (Å²) in [5.74, 6) is -1.38. The van der Waals surface area contributed by atoms with Crippen molar-refractivity contribution in [2.45, 2.75) is 25.7 Å². The second-order valence-corrected chi connectivity index (χ2v) is 9.67. The fraction of sp³-hybridized carbons (Fsp3) is 0.125. The first kappa shape index (κ1) is 27.5. The summed E-state index contributed by atoms with van der Waals surface area (Å²) in [5.41, 5.74) is 3.46. The Morgan fingerprint density at radius 3 is 2.20 bits per heavy atom. The van der Waals surface area contributed by atoms with E-state index in [-0.39, 0.29) is 18.0 Å². The van der Waals surface area contributed by atoms with Gasteiger partial charge in [-0.05, 0) is 72.6 Å². The molecule has 0 saturated carbocycles. The average Bonchev–Trinajstić information content (AvgIpc) is 3.37. The SMILES string of the molecule is C[C@H](NC(=O)c1ccc(Nc2ccccc2)c2ccn(Cc3ccc(C(F)(F)F)cc3)c12)c1ccc(C(=O)O)cc1. The Bertz CT molecular complexity index is 1690. The number of alkyl halides is 3. The van der Waals surface area contributed by atoms with E-state index in [2.05, 4.69) is 10.6 Å². The van der Waals surface area contributed by atoms with E-state index in [0.717, 1.165) is 34.5 Å². The third-order valence-corrected chi connectivity index (χ3v) is 6.86. The first-order chi connectivity index (χ1) is 19.6. The van der Waals surface area contributed by atoms with E-state index in [9.17, 15) is 22.8 Å². The van der Waals surface area contributed by atoms with Gasteiger partial charge in [-0.1, -0.05) is 42.5 Å². The number of hydrogen-bond donors (Lipinski definition) is 3. The Kier molecular flexibility index (Phi) is 7.52. The smallest absolute Gasteiger partial charge is 0.416 e. The molecule has 41 heavy (non-hydrogen) atoms. The van der Waals surface area contributed by atoms with Crippen molar-refractivity contribution < 1.29 is 27.9 Å². The second kappa shape index (κ2) is 11.2. The van der Waals surface area contributed by atoms with Gasteiger partial charge in [0.1, 0.15) is 0 Å². The summed E-state index contributed by atoms with van der Waals surface area (Å²) in [4.78, 5) is 24.8. The summed E-state index contributed by atoms with van der Waals surface area (Å²) in [6.45, 7) is 2.06. The van der Waals surface area contributed by atoms with Crippen molar-refractivity contribution in [2.75, 3.05) is 5.32 Å². The molecule has 4 aromatic carbocycles. The van der Waals surface area contributed by atoms with Crippen molar-refractivity contribution in [3.8, 4) is 0 Å². The van der Waals surface area contributed by atoms with Crippen LogP contribution in [0.25, 0.3) is 10.9 Å². The minimum atomic E-state index is -4.42. The van der Waals surface area contributed by atoms with Crippen LogP contribution in [0, 0.1) is 0 Å². The van der Waals surface area contributed by atoms with Gasteiger partial charge < -0.3 is 20.3 Å². The molecule has 5 rings (SSSR count). The lowest BCUT2D eigenvalue weighted by Gasteiger charge is -2.17. The number of nitrogens with one attached hydrogen (secondary N) is 2. The standard InChI is InChI=1S/C32H26F3N3O3/c1-20(22-9-11-23(12-10-22)31(40)41)36-30(39)27-15-16-28(37-25-5-3-2-4-6-25)26-17-18-38(29(26)27)19-21-7-13-24(14-8-21)32(33,34)35/h2-18,20,37H,19H2,1H3,(H,36,39)(H,40,41)/t20-/m0/s1. The lowest BCUT2D eigenvalue weighted by molar-refractivity contribution is -0.137. The van der Waals surface area contributed by atoms with Crippen molar-refractivity contribution in [3.63, 3.8) is 0 Å². The molecule has 1 amide bonds. The summed E-state index contributed by atoms with van der Waals surface area (Å²) in [6, 6.07) is 25.8. The molecule has 1 atom stereocenters. The fourth-order valence-electron chi connectivity index (χ4n) is 4.69. The van der Waals surface area contributed by atoms with Crippen LogP contribution in [-0.4, -0.2) is 21.6 Å². The molecular formula is C32H26F3N3O3. The highest BCUT2D eigenvalue weighted by atomic mass is 19.4. The molecule has 208 valence electrons. The summed E-state index contributed by atoms with van der Waals surface area (Å²) in [6.07, 6.45) is -2.62. The van der Waals surface area contributed by atoms with Gasteiger partial charge in [0.25, 0.3) is 5.91 Å². The van der Waals surface area contributed by atoms with Crippen molar-refractivity contribution in [3.05, 3.63) is 131 Å². The molecule has 0 aliphatic rings. The predicted octanol–water partition coefficient (Wildman–Crippen LogP) is 7.64. The van der Waals surface area contributed by atoms with E-state index in [1.807, 2.05) is 53.2 Å². The largest absolute Gasteiger partial charge is 0.478 e. The van der Waals surface area contributed by atoms with E-state index in [4.69, 9.17) is 5.11 Å². The van der Waals surface area contributed by atoms with Gasteiger partial charge in [0.05, 0.1) is 28.2 Å². The minimum Gasteiger partial charge on any atom is -0.478 e. The summed E-state index contributed by atoms with van der Waals surface area (Å²) in [5, 5.41) is 16.3. The topological polar surface area (TPSA) is 83.4 Å². The molecule has 0 fully saturated rings. The van der Waals surface area contributed by atoms with Crippen molar-refractivity contribution in [1.29, 1.82) is 0 Å². The Labute approximate surface area is 234 Å². The van der Waals surface area contributed by atoms with E-state index in [1.54, 1.807) is 25.1 Å². The highest BCUT2D eigenvalue weighted by Crippen LogP contribution is 2.32. The molecule has 0 bridgehead atoms. The van der Waals surface area contributed by atoms with Gasteiger partial charge in [0.15, 0.2) is 0 Å². The van der Waals surface area contributed by atoms with Crippen LogP contribution >= 0.6 is 0 Å². The normalized spacial score (nSPS) is 12.2. The molecule has 6 nitrogen and oxygen atoms in total. The zero-order valence-corrected chi connectivity index (χ0v) is 21.9. The van der Waals surface area contributed by atoms with Crippen LogP contribution in [0.15, 0.2) is 103 Å². The third-order valence-electron chi connectivity index (χ3n) is 6.86. The zero-order chi connectivity index (χ0) is 29.1. The molecule has 1 aromatic heterocycles. The molecular weight excluding hydrogens is 531 g/mol. The van der Waals surface area contributed by atoms with Crippen LogP contribution in [0.2, 0.25) is 0 Å². The van der Waals surface area contributed by atoms with Gasteiger partial charge in [-0.3, -0.25) is 4.79 Å². The van der Waals surface area contributed by atoms with Gasteiger partial charge in [-0.2, -0.15) is 13.2 Å². The highest BCUT2D eigenvalue weighted by molar-refractivity contribution is 6.10. The summed E-state index contributed by atoms with van der Waals surface area (Å²) < 4.78 is 41.1. The van der Waals surface area contributed by atoms with Crippen LogP contribution in [-0.2, 0) is 12.7 Å². The number of amides is 1. The number of rotatable bonds is 8. The molecule has 0 aliphatic heterocycles. The molecule has 9 heteroatoms. The van der Waals surface area contributed by atoms with Gasteiger partial charge in [-0.25, -0.2) is 4.79 Å². The fourth-order valence-corrected chi connectivity index (χ4v) is 4.69. The number of fused-ring (bicyclic) bond motifs is 1. The van der Waals surface area contributed by atoms with Crippen LogP contribution in [0.1, 0.15) is 50.4 Å². The Morgan fingerprint density at radius 1 is 0.878 bits per heavy atom. The van der Waals surface area contributed by atoms with Crippen molar-refractivity contribution in [1.82, 2.24) is 9.88 Å². The van der Waals surface area contributed by atoms with Gasteiger partial charge in [0.2, 0.25) is 0 Å². The number of aromatic nitrogens is 1. The van der Waals surface area contributed by atoms with Gasteiger partial charge >= 0.3 is 12.1 Å². The predicted molar refractivity (Wildman–Crippen MR) is 151 cm³/mol. The van der Waals surface area contributed by atoms with Crippen LogP contribution in [0.5, 0.6) is 0 Å². The van der Waals surface area contributed by atoms with Crippen LogP contribution < -0.4 is 10.6 Å². The van der Waals surface area contributed by atoms with E-state index in [1.165, 1.54) is 24.3 Å². The maximum atomic E-state index is 13.6. The number of para-hydroxylation sites is 1. The lowest BCUT2D eigenvalue weighted by atomic mass is 10.0. The number of carbonyl (C=O) groups is 2. The number of hydrogen-bond acceptors (Lipinski definition) is 3. The first-order valence-electron chi connectivity index (χ1n) is 12.8. The maximum absolute atomic E-state index is 13.6. The number of benzene rings is 4. The first-order valence-corrected chi connectivity index (χ1v) is 12.8. The number of anilines is 2. The molecule has 1 heterocycles. The number of aromatic carboxylic acids is 1. The number of carbonyl (C=O) groups excluding carboxylic acids is 1. The van der Waals surface area contributed by atoms with E-state index >= 15 is 0 Å². The minimum absolute atomic E-state index is 0.150. The molecule has 0 spiro atoms. The van der Waals surface area contributed by atoms with E-state index < -0.39 is 23.8 Å². The summed E-state index contributed by atoms with van der Waals surface area (Å²) >= 11 is 0. The maximum Gasteiger partial charge on any atom is 0.416 e. The van der Waals surface area contributed by atoms with E-state index in [0.29, 0.717) is 16.6 Å². The van der Waals surface area contributed by atoms with Crippen LogP contribution in [0.4, 0.5) is 24.5 Å². The van der Waals surface area contributed by atoms with Crippen molar-refractivity contribution in [2.24, 2.45) is 0 Å². The molecule has 5 aromatic rings. The Hall–Kier alpha value is -5.05. The zero-order valence-electron chi connectivity index (χ0n) is 21.9. The number of halogens is 3. The van der Waals surface area contributed by atoms with Gasteiger partial charge in [0, 0.05) is 29.5 Å². The number of nitrogens with zero attached hydrogens (tertiary/aromatic N) is 1. The van der Waals surface area contributed by atoms with Gasteiger partial charge in [-0.15, -0.1) is 0 Å². The highest BCUT2D eigenvalue weighted by Gasteiger charge is 2.30. The molecule has 0 aliphatic carbocycles. The molecule has 0 unspecified atom stereocenters. The third kappa shape index (κ3) is 6.09. The van der Waals surface area contributed by atoms with Crippen LogP contribution in [0.3, 0.4) is 0 Å².